The van der Waals surface area contributed by atoms with Crippen molar-refractivity contribution in [2.24, 2.45) is 0 Å². The molecule has 1 amide bonds. The molecule has 1 aliphatic heterocycles. The average molecular weight is 463 g/mol. The number of hydrogen-bond acceptors (Lipinski definition) is 4. The van der Waals surface area contributed by atoms with E-state index in [-0.39, 0.29) is 18.0 Å². The lowest BCUT2D eigenvalue weighted by atomic mass is 10.1. The second-order valence-corrected chi connectivity index (χ2v) is 8.41. The first-order valence-electron chi connectivity index (χ1n) is 11.4. The molecule has 33 heavy (non-hydrogen) atoms. The number of amides is 1. The number of rotatable bonds is 9. The molecule has 0 aliphatic carbocycles. The molecule has 1 saturated heterocycles. The van der Waals surface area contributed by atoms with Crippen LogP contribution in [0.1, 0.15) is 37.0 Å². The summed E-state index contributed by atoms with van der Waals surface area (Å²) < 4.78 is 38.9. The van der Waals surface area contributed by atoms with Crippen molar-refractivity contribution in [2.45, 2.75) is 51.6 Å². The van der Waals surface area contributed by atoms with E-state index in [2.05, 4.69) is 58.5 Å². The van der Waals surface area contributed by atoms with Crippen LogP contribution in [0, 0.1) is 0 Å². The summed E-state index contributed by atoms with van der Waals surface area (Å²) >= 11 is 0. The molecular weight excluding hydrogens is 429 g/mol. The van der Waals surface area contributed by atoms with Gasteiger partial charge in [-0.15, -0.1) is 0 Å². The molecule has 1 aliphatic rings. The van der Waals surface area contributed by atoms with Gasteiger partial charge in [-0.25, -0.2) is 0 Å². The second kappa shape index (κ2) is 11.0. The highest BCUT2D eigenvalue weighted by atomic mass is 19.4. The van der Waals surface area contributed by atoms with Crippen LogP contribution in [0.4, 0.5) is 18.9 Å². The number of likely N-dealkylation sites (tertiary alicyclic amines) is 1. The van der Waals surface area contributed by atoms with Crippen LogP contribution in [-0.4, -0.2) is 49.6 Å². The van der Waals surface area contributed by atoms with Crippen molar-refractivity contribution in [3.05, 3.63) is 65.2 Å². The van der Waals surface area contributed by atoms with E-state index >= 15 is 0 Å². The fourth-order valence-corrected chi connectivity index (χ4v) is 4.42. The minimum Gasteiger partial charge on any atom is -0.372 e. The van der Waals surface area contributed by atoms with Gasteiger partial charge >= 0.3 is 6.18 Å². The minimum absolute atomic E-state index is 0.0109. The van der Waals surface area contributed by atoms with Crippen LogP contribution in [0.2, 0.25) is 0 Å². The van der Waals surface area contributed by atoms with E-state index in [0.717, 1.165) is 24.7 Å². The minimum atomic E-state index is -4.36. The molecule has 180 valence electrons. The summed E-state index contributed by atoms with van der Waals surface area (Å²) in [5.74, 6) is -0.0434. The van der Waals surface area contributed by atoms with Crippen molar-refractivity contribution in [2.75, 3.05) is 31.6 Å². The van der Waals surface area contributed by atoms with E-state index in [1.165, 1.54) is 17.8 Å². The fourth-order valence-electron chi connectivity index (χ4n) is 4.42. The highest BCUT2D eigenvalue weighted by Gasteiger charge is 2.36. The van der Waals surface area contributed by atoms with Crippen LogP contribution in [0.15, 0.2) is 48.5 Å². The first kappa shape index (κ1) is 25.1. The molecular formula is C25H33F3N4O. The monoisotopic (exact) mass is 462 g/mol. The van der Waals surface area contributed by atoms with Gasteiger partial charge in [0.15, 0.2) is 0 Å². The molecule has 0 aromatic heterocycles. The number of carbonyl (C=O) groups is 1. The SMILES string of the molecule is CCN(CC)c1ccc(CN2C[C@@H](NCc3cccc(C(F)(F)F)c3)C[C@H]2C(=O)NC)cc1. The standard InChI is InChI=1S/C25H33F3N4O/c1-4-31(5-2)22-11-9-18(10-12-22)16-32-17-21(14-23(32)24(33)29-3)30-15-19-7-6-8-20(13-19)25(26,27)28/h6-13,21,23,30H,4-5,14-17H2,1-3H3,(H,29,33)/t21-,23-/m0/s1. The number of likely N-dealkylation sites (N-methyl/N-ethyl adjacent to an activating group) is 1. The number of alkyl halides is 3. The van der Waals surface area contributed by atoms with E-state index in [4.69, 9.17) is 0 Å². The number of nitrogens with zero attached hydrogens (tertiary/aromatic N) is 2. The maximum absolute atomic E-state index is 13.0. The topological polar surface area (TPSA) is 47.6 Å². The maximum Gasteiger partial charge on any atom is 0.416 e. The molecule has 1 heterocycles. The Hall–Kier alpha value is -2.58. The maximum atomic E-state index is 13.0. The Morgan fingerprint density at radius 2 is 1.79 bits per heavy atom. The zero-order chi connectivity index (χ0) is 24.0. The van der Waals surface area contributed by atoms with Crippen LogP contribution < -0.4 is 15.5 Å². The largest absolute Gasteiger partial charge is 0.416 e. The summed E-state index contributed by atoms with van der Waals surface area (Å²) in [7, 11) is 1.63. The first-order chi connectivity index (χ1) is 15.7. The highest BCUT2D eigenvalue weighted by molar-refractivity contribution is 5.81. The number of anilines is 1. The van der Waals surface area contributed by atoms with E-state index < -0.39 is 11.7 Å². The smallest absolute Gasteiger partial charge is 0.372 e. The summed E-state index contributed by atoms with van der Waals surface area (Å²) in [6.07, 6.45) is -3.75. The Balaban J connectivity index is 1.64. The van der Waals surface area contributed by atoms with Crippen molar-refractivity contribution < 1.29 is 18.0 Å². The third kappa shape index (κ3) is 6.48. The molecule has 0 saturated carbocycles. The number of benzene rings is 2. The van der Waals surface area contributed by atoms with E-state index in [1.807, 2.05) is 0 Å². The van der Waals surface area contributed by atoms with Gasteiger partial charge < -0.3 is 15.5 Å². The summed E-state index contributed by atoms with van der Waals surface area (Å²) in [4.78, 5) is 16.9. The molecule has 8 heteroatoms. The third-order valence-electron chi connectivity index (χ3n) is 6.25. The molecule has 2 N–H and O–H groups in total. The summed E-state index contributed by atoms with van der Waals surface area (Å²) in [5, 5.41) is 6.09. The fraction of sp³-hybridized carbons (Fsp3) is 0.480. The van der Waals surface area contributed by atoms with E-state index in [1.54, 1.807) is 13.1 Å². The van der Waals surface area contributed by atoms with E-state index in [9.17, 15) is 18.0 Å². The molecule has 0 bridgehead atoms. The molecule has 0 spiro atoms. The summed E-state index contributed by atoms with van der Waals surface area (Å²) in [5.41, 5.74) is 2.23. The van der Waals surface area contributed by atoms with Crippen LogP contribution >= 0.6 is 0 Å². The lowest BCUT2D eigenvalue weighted by Crippen LogP contribution is -2.41. The molecule has 2 aromatic carbocycles. The van der Waals surface area contributed by atoms with Gasteiger partial charge in [0.1, 0.15) is 0 Å². The Morgan fingerprint density at radius 3 is 2.39 bits per heavy atom. The molecule has 3 rings (SSSR count). The predicted octanol–water partition coefficient (Wildman–Crippen LogP) is 4.03. The molecule has 5 nitrogen and oxygen atoms in total. The zero-order valence-corrected chi connectivity index (χ0v) is 19.5. The number of hydrogen-bond donors (Lipinski definition) is 2. The number of carbonyl (C=O) groups excluding carboxylic acids is 1. The molecule has 0 radical (unpaired) electrons. The quantitative estimate of drug-likeness (QED) is 0.591. The normalized spacial score (nSPS) is 19.0. The highest BCUT2D eigenvalue weighted by Crippen LogP contribution is 2.29. The van der Waals surface area contributed by atoms with Gasteiger partial charge in [0.2, 0.25) is 5.91 Å². The number of nitrogens with one attached hydrogen (secondary N) is 2. The van der Waals surface area contributed by atoms with Gasteiger partial charge in [-0.2, -0.15) is 13.2 Å². The zero-order valence-electron chi connectivity index (χ0n) is 19.5. The van der Waals surface area contributed by atoms with Crippen molar-refractivity contribution in [3.8, 4) is 0 Å². The van der Waals surface area contributed by atoms with Gasteiger partial charge in [0.05, 0.1) is 11.6 Å². The van der Waals surface area contributed by atoms with Gasteiger partial charge in [0.25, 0.3) is 0 Å². The van der Waals surface area contributed by atoms with Crippen molar-refractivity contribution >= 4 is 11.6 Å². The van der Waals surface area contributed by atoms with E-state index in [0.29, 0.717) is 31.6 Å². The predicted molar refractivity (Wildman–Crippen MR) is 125 cm³/mol. The van der Waals surface area contributed by atoms with Crippen molar-refractivity contribution in [1.82, 2.24) is 15.5 Å². The summed E-state index contributed by atoms with van der Waals surface area (Å²) in [6.45, 7) is 7.75. The Morgan fingerprint density at radius 1 is 1.09 bits per heavy atom. The molecule has 2 aromatic rings. The lowest BCUT2D eigenvalue weighted by molar-refractivity contribution is -0.137. The second-order valence-electron chi connectivity index (χ2n) is 8.41. The van der Waals surface area contributed by atoms with Gasteiger partial charge in [-0.3, -0.25) is 9.69 Å². The Kier molecular flexibility index (Phi) is 8.37. The van der Waals surface area contributed by atoms with Gasteiger partial charge in [0, 0.05) is 51.5 Å². The molecule has 2 atom stereocenters. The van der Waals surface area contributed by atoms with Crippen LogP contribution in [0.25, 0.3) is 0 Å². The molecule has 0 unspecified atom stereocenters. The Bertz CT molecular complexity index is 913. The van der Waals surface area contributed by atoms with Gasteiger partial charge in [-0.05, 0) is 49.6 Å². The summed E-state index contributed by atoms with van der Waals surface area (Å²) in [6, 6.07) is 13.5. The third-order valence-corrected chi connectivity index (χ3v) is 6.25. The van der Waals surface area contributed by atoms with Crippen LogP contribution in [0.5, 0.6) is 0 Å². The lowest BCUT2D eigenvalue weighted by Gasteiger charge is -2.24. The van der Waals surface area contributed by atoms with Crippen LogP contribution in [-0.2, 0) is 24.1 Å². The van der Waals surface area contributed by atoms with Crippen molar-refractivity contribution in [1.29, 1.82) is 0 Å². The average Bonchev–Trinajstić information content (AvgIpc) is 3.21. The van der Waals surface area contributed by atoms with Crippen LogP contribution in [0.3, 0.4) is 0 Å². The Labute approximate surface area is 194 Å². The first-order valence-corrected chi connectivity index (χ1v) is 11.4. The number of halogens is 3. The van der Waals surface area contributed by atoms with Crippen molar-refractivity contribution in [3.63, 3.8) is 0 Å². The molecule has 1 fully saturated rings. The van der Waals surface area contributed by atoms with Gasteiger partial charge in [-0.1, -0.05) is 30.3 Å².